The summed E-state index contributed by atoms with van der Waals surface area (Å²) < 4.78 is 7.76. The maximum Gasteiger partial charge on any atom is 0.248 e. The number of β-amino-alcohol motifs (C(OH)–C–C–N with tert-alkyl or cyclic N) is 1. The van der Waals surface area contributed by atoms with Gasteiger partial charge < -0.3 is 25.4 Å². The Morgan fingerprint density at radius 1 is 1.31 bits per heavy atom. The Kier molecular flexibility index (Phi) is 8.48. The second kappa shape index (κ2) is 11.6. The maximum atomic E-state index is 13.6. The number of carbonyl (C=O) groups excluding carboxylic acids is 2. The first-order valence-electron chi connectivity index (χ1n) is 12.5. The molecule has 2 aliphatic rings. The standard InChI is InChI=1S/C25H35ClN6O4/c1-15(2)23(32-13-16(3)29-30-32)25(35)31-14-19(33)11-21(31)24(34)28-12-17-4-5-18(26)10-22(17)36-20-6-8-27-9-7-20/h4-5,10,13,15,19-21,23,27,33H,6-9,11-12,14H2,1-3H3,(H,28,34)/t19-,21+,23+/m1/s1. The molecule has 3 N–H and O–H groups in total. The van der Waals surface area contributed by atoms with Crippen LogP contribution in [0, 0.1) is 12.8 Å². The lowest BCUT2D eigenvalue weighted by Gasteiger charge is -2.30. The Balaban J connectivity index is 1.45. The molecule has 2 saturated heterocycles. The average Bonchev–Trinajstić information content (AvgIpc) is 3.44. The van der Waals surface area contributed by atoms with Crippen LogP contribution in [0.5, 0.6) is 5.75 Å². The van der Waals surface area contributed by atoms with Crippen LogP contribution >= 0.6 is 11.6 Å². The fourth-order valence-electron chi connectivity index (χ4n) is 4.86. The monoisotopic (exact) mass is 518 g/mol. The largest absolute Gasteiger partial charge is 0.490 e. The first-order valence-corrected chi connectivity index (χ1v) is 12.9. The SMILES string of the molecule is Cc1cn([C@H](C(=O)N2C[C@H](O)C[C@H]2C(=O)NCc2ccc(Cl)cc2OC2CCNCC2)C(C)C)nn1. The van der Waals surface area contributed by atoms with Gasteiger partial charge in [-0.2, -0.15) is 0 Å². The molecule has 1 aromatic carbocycles. The lowest BCUT2D eigenvalue weighted by molar-refractivity contribution is -0.142. The second-order valence-corrected chi connectivity index (χ2v) is 10.4. The highest BCUT2D eigenvalue weighted by atomic mass is 35.5. The number of rotatable bonds is 8. The van der Waals surface area contributed by atoms with Gasteiger partial charge in [0.05, 0.1) is 11.8 Å². The van der Waals surface area contributed by atoms with Gasteiger partial charge in [0.25, 0.3) is 0 Å². The summed E-state index contributed by atoms with van der Waals surface area (Å²) in [6.07, 6.45) is 3.01. The summed E-state index contributed by atoms with van der Waals surface area (Å²) in [5.41, 5.74) is 1.51. The van der Waals surface area contributed by atoms with Crippen LogP contribution in [0.2, 0.25) is 5.02 Å². The zero-order chi connectivity index (χ0) is 25.8. The normalized spacial score (nSPS) is 21.6. The predicted octanol–water partition coefficient (Wildman–Crippen LogP) is 1.85. The fourth-order valence-corrected chi connectivity index (χ4v) is 5.02. The molecule has 0 saturated carbocycles. The van der Waals surface area contributed by atoms with E-state index in [1.807, 2.05) is 19.9 Å². The Morgan fingerprint density at radius 3 is 2.72 bits per heavy atom. The molecule has 2 aliphatic heterocycles. The number of likely N-dealkylation sites (tertiary alicyclic amines) is 1. The Bertz CT molecular complexity index is 1070. The zero-order valence-electron chi connectivity index (χ0n) is 21.0. The molecule has 0 radical (unpaired) electrons. The fraction of sp³-hybridized carbons (Fsp3) is 0.600. The number of hydrogen-bond donors (Lipinski definition) is 3. The van der Waals surface area contributed by atoms with Gasteiger partial charge in [-0.1, -0.05) is 36.7 Å². The number of nitrogens with zero attached hydrogens (tertiary/aromatic N) is 4. The van der Waals surface area contributed by atoms with Crippen LogP contribution in [-0.2, 0) is 16.1 Å². The minimum absolute atomic E-state index is 0.0798. The van der Waals surface area contributed by atoms with Gasteiger partial charge >= 0.3 is 0 Å². The van der Waals surface area contributed by atoms with E-state index in [-0.39, 0.29) is 43.3 Å². The van der Waals surface area contributed by atoms with Gasteiger partial charge in [-0.3, -0.25) is 9.59 Å². The molecule has 0 unspecified atom stereocenters. The van der Waals surface area contributed by atoms with Crippen molar-refractivity contribution < 1.29 is 19.4 Å². The number of benzene rings is 1. The molecule has 2 aromatic rings. The molecule has 0 spiro atoms. The van der Waals surface area contributed by atoms with Gasteiger partial charge in [0.2, 0.25) is 11.8 Å². The van der Waals surface area contributed by atoms with Crippen LogP contribution in [0.4, 0.5) is 0 Å². The van der Waals surface area contributed by atoms with E-state index in [0.717, 1.165) is 31.5 Å². The third-order valence-electron chi connectivity index (χ3n) is 6.72. The number of carbonyl (C=O) groups is 2. The van der Waals surface area contributed by atoms with Gasteiger partial charge in [-0.05, 0) is 50.9 Å². The highest BCUT2D eigenvalue weighted by molar-refractivity contribution is 6.30. The summed E-state index contributed by atoms with van der Waals surface area (Å²) >= 11 is 6.21. The molecule has 11 heteroatoms. The lowest BCUT2D eigenvalue weighted by atomic mass is 10.0. The van der Waals surface area contributed by atoms with Crippen molar-refractivity contribution in [2.45, 2.75) is 70.9 Å². The number of ether oxygens (including phenoxy) is 1. The van der Waals surface area contributed by atoms with E-state index >= 15 is 0 Å². The van der Waals surface area contributed by atoms with E-state index < -0.39 is 18.2 Å². The van der Waals surface area contributed by atoms with E-state index in [4.69, 9.17) is 16.3 Å². The summed E-state index contributed by atoms with van der Waals surface area (Å²) in [5.74, 6) is -0.00713. The predicted molar refractivity (Wildman–Crippen MR) is 135 cm³/mol. The Morgan fingerprint density at radius 2 is 2.06 bits per heavy atom. The van der Waals surface area contributed by atoms with E-state index in [0.29, 0.717) is 16.5 Å². The van der Waals surface area contributed by atoms with Crippen molar-refractivity contribution in [1.29, 1.82) is 0 Å². The number of aliphatic hydroxyl groups excluding tert-OH is 1. The van der Waals surface area contributed by atoms with E-state index in [1.54, 1.807) is 29.9 Å². The molecule has 1 aromatic heterocycles. The van der Waals surface area contributed by atoms with Crippen molar-refractivity contribution in [2.24, 2.45) is 5.92 Å². The van der Waals surface area contributed by atoms with Gasteiger partial charge in [0.1, 0.15) is 23.9 Å². The number of aryl methyl sites for hydroxylation is 1. The molecule has 4 rings (SSSR count). The summed E-state index contributed by atoms with van der Waals surface area (Å²) in [6.45, 7) is 7.77. The molecular weight excluding hydrogens is 484 g/mol. The average molecular weight is 519 g/mol. The third kappa shape index (κ3) is 6.16. The molecule has 2 fully saturated rings. The Labute approximate surface area is 216 Å². The Hall–Kier alpha value is -2.69. The molecule has 3 heterocycles. The zero-order valence-corrected chi connectivity index (χ0v) is 21.7. The van der Waals surface area contributed by atoms with Crippen LogP contribution in [0.25, 0.3) is 0 Å². The van der Waals surface area contributed by atoms with Crippen molar-refractivity contribution in [3.63, 3.8) is 0 Å². The van der Waals surface area contributed by atoms with Crippen molar-refractivity contribution in [2.75, 3.05) is 19.6 Å². The number of nitrogens with one attached hydrogen (secondary N) is 2. The van der Waals surface area contributed by atoms with Gasteiger partial charge in [0.15, 0.2) is 0 Å². The maximum absolute atomic E-state index is 13.6. The topological polar surface area (TPSA) is 122 Å². The number of hydrogen-bond acceptors (Lipinski definition) is 7. The lowest BCUT2D eigenvalue weighted by Crippen LogP contribution is -2.49. The quantitative estimate of drug-likeness (QED) is 0.487. The molecule has 36 heavy (non-hydrogen) atoms. The minimum Gasteiger partial charge on any atom is -0.490 e. The molecule has 10 nitrogen and oxygen atoms in total. The molecule has 3 atom stereocenters. The third-order valence-corrected chi connectivity index (χ3v) is 6.96. The summed E-state index contributed by atoms with van der Waals surface area (Å²) in [6, 6.07) is 3.98. The second-order valence-electron chi connectivity index (χ2n) is 9.96. The van der Waals surface area contributed by atoms with Crippen LogP contribution in [0.1, 0.15) is 50.4 Å². The van der Waals surface area contributed by atoms with Crippen LogP contribution in [0.15, 0.2) is 24.4 Å². The van der Waals surface area contributed by atoms with E-state index in [9.17, 15) is 14.7 Å². The smallest absolute Gasteiger partial charge is 0.248 e. The summed E-state index contributed by atoms with van der Waals surface area (Å²) in [5, 5.41) is 25.3. The van der Waals surface area contributed by atoms with Gasteiger partial charge in [-0.25, -0.2) is 4.68 Å². The summed E-state index contributed by atoms with van der Waals surface area (Å²) in [4.78, 5) is 28.3. The van der Waals surface area contributed by atoms with Crippen LogP contribution in [0.3, 0.4) is 0 Å². The van der Waals surface area contributed by atoms with Gasteiger partial charge in [0, 0.05) is 36.3 Å². The molecular formula is C25H35ClN6O4. The number of halogens is 1. The van der Waals surface area contributed by atoms with Crippen LogP contribution in [-0.4, -0.2) is 74.7 Å². The van der Waals surface area contributed by atoms with Gasteiger partial charge in [-0.15, -0.1) is 5.10 Å². The van der Waals surface area contributed by atoms with E-state index in [2.05, 4.69) is 20.9 Å². The molecule has 196 valence electrons. The van der Waals surface area contributed by atoms with Crippen LogP contribution < -0.4 is 15.4 Å². The van der Waals surface area contributed by atoms with Crippen molar-refractivity contribution in [1.82, 2.24) is 30.5 Å². The molecule has 0 aliphatic carbocycles. The first kappa shape index (κ1) is 26.4. The number of amides is 2. The minimum atomic E-state index is -0.778. The summed E-state index contributed by atoms with van der Waals surface area (Å²) in [7, 11) is 0. The van der Waals surface area contributed by atoms with Crippen molar-refractivity contribution >= 4 is 23.4 Å². The molecule has 2 amide bonds. The van der Waals surface area contributed by atoms with E-state index in [1.165, 1.54) is 4.90 Å². The van der Waals surface area contributed by atoms with Crippen molar-refractivity contribution in [3.8, 4) is 5.75 Å². The molecule has 0 bridgehead atoms. The number of aromatic nitrogens is 3. The highest BCUT2D eigenvalue weighted by Gasteiger charge is 2.42. The first-order chi connectivity index (χ1) is 17.2. The number of piperidine rings is 1. The van der Waals surface area contributed by atoms with Crippen molar-refractivity contribution in [3.05, 3.63) is 40.7 Å². The number of aliphatic hydroxyl groups is 1. The highest BCUT2D eigenvalue weighted by Crippen LogP contribution is 2.28.